The van der Waals surface area contributed by atoms with Crippen LogP contribution in [0.5, 0.6) is 0 Å². The number of carbonyl (C=O) groups is 1. The quantitative estimate of drug-likeness (QED) is 0.336. The van der Waals surface area contributed by atoms with Crippen LogP contribution in [-0.4, -0.2) is 26.5 Å². The second-order valence-corrected chi connectivity index (χ2v) is 6.83. The lowest BCUT2D eigenvalue weighted by Gasteiger charge is -2.02. The summed E-state index contributed by atoms with van der Waals surface area (Å²) in [4.78, 5) is 25.1. The first-order chi connectivity index (χ1) is 11.2. The first kappa shape index (κ1) is 14.2. The minimum absolute atomic E-state index is 0.0425. The smallest absolute Gasteiger partial charge is 0.191 e. The molecule has 0 aliphatic carbocycles. The molecule has 3 N–H and O–H groups in total. The molecule has 1 aromatic carbocycles. The van der Waals surface area contributed by atoms with Crippen molar-refractivity contribution in [1.29, 1.82) is 0 Å². The van der Waals surface area contributed by atoms with Crippen molar-refractivity contribution >= 4 is 55.8 Å². The third-order valence-electron chi connectivity index (χ3n) is 3.56. The average Bonchev–Trinajstić information content (AvgIpc) is 3.19. The van der Waals surface area contributed by atoms with E-state index in [-0.39, 0.29) is 11.5 Å². The highest BCUT2D eigenvalue weighted by atomic mass is 32.2. The fourth-order valence-electron chi connectivity index (χ4n) is 2.43. The number of aromatic nitrogens is 3. The van der Waals surface area contributed by atoms with Crippen LogP contribution in [0.2, 0.25) is 0 Å². The largest absolute Gasteiger partial charge is 0.383 e. The van der Waals surface area contributed by atoms with Crippen LogP contribution in [0.1, 0.15) is 10.4 Å². The lowest BCUT2D eigenvalue weighted by atomic mass is 10.1. The second-order valence-electron chi connectivity index (χ2n) is 4.99. The zero-order valence-corrected chi connectivity index (χ0v) is 13.6. The van der Waals surface area contributed by atoms with Crippen LogP contribution < -0.4 is 5.73 Å². The SMILES string of the molecule is Nc1nc(SCC(=O)c2c[nH]c3ccccc23)nc2sccc12. The van der Waals surface area contributed by atoms with Gasteiger partial charge in [0.05, 0.1) is 11.1 Å². The Morgan fingerprint density at radius 1 is 1.22 bits per heavy atom. The summed E-state index contributed by atoms with van der Waals surface area (Å²) in [7, 11) is 0. The highest BCUT2D eigenvalue weighted by molar-refractivity contribution is 7.99. The number of anilines is 1. The second kappa shape index (κ2) is 5.68. The van der Waals surface area contributed by atoms with Gasteiger partial charge < -0.3 is 10.7 Å². The molecule has 4 aromatic rings. The number of nitrogens with two attached hydrogens (primary N) is 1. The number of carbonyl (C=O) groups excluding carboxylic acids is 1. The zero-order valence-electron chi connectivity index (χ0n) is 11.9. The van der Waals surface area contributed by atoms with Gasteiger partial charge in [-0.1, -0.05) is 30.0 Å². The van der Waals surface area contributed by atoms with Crippen molar-refractivity contribution in [3.8, 4) is 0 Å². The van der Waals surface area contributed by atoms with Gasteiger partial charge in [0.15, 0.2) is 10.9 Å². The average molecular weight is 340 g/mol. The predicted molar refractivity (Wildman–Crippen MR) is 95.2 cm³/mol. The standard InChI is InChI=1S/C16H12N4OS2/c17-14-10-5-6-22-15(10)20-16(19-14)23-8-13(21)11-7-18-12-4-2-1-3-9(11)12/h1-7,18H,8H2,(H2,17,19,20). The van der Waals surface area contributed by atoms with Crippen molar-refractivity contribution in [2.45, 2.75) is 5.16 Å². The minimum atomic E-state index is 0.0425. The maximum absolute atomic E-state index is 12.5. The number of rotatable bonds is 4. The number of fused-ring (bicyclic) bond motifs is 2. The number of nitrogens with one attached hydrogen (secondary N) is 1. The van der Waals surface area contributed by atoms with Gasteiger partial charge in [0.1, 0.15) is 10.6 Å². The zero-order chi connectivity index (χ0) is 15.8. The number of nitrogens with zero attached hydrogens (tertiary/aromatic N) is 2. The van der Waals surface area contributed by atoms with E-state index in [9.17, 15) is 4.79 Å². The Morgan fingerprint density at radius 3 is 3.00 bits per heavy atom. The molecule has 0 saturated heterocycles. The van der Waals surface area contributed by atoms with Crippen LogP contribution in [-0.2, 0) is 0 Å². The first-order valence-electron chi connectivity index (χ1n) is 6.95. The van der Waals surface area contributed by atoms with E-state index < -0.39 is 0 Å². The summed E-state index contributed by atoms with van der Waals surface area (Å²) in [5.41, 5.74) is 7.58. The fraction of sp³-hybridized carbons (Fsp3) is 0.0625. The highest BCUT2D eigenvalue weighted by Crippen LogP contribution is 2.27. The van der Waals surface area contributed by atoms with Crippen LogP contribution >= 0.6 is 23.1 Å². The van der Waals surface area contributed by atoms with Gasteiger partial charge in [0.2, 0.25) is 0 Å². The molecule has 5 nitrogen and oxygen atoms in total. The third kappa shape index (κ3) is 2.58. The molecule has 0 atom stereocenters. The Labute approximate surface area is 139 Å². The van der Waals surface area contributed by atoms with Crippen molar-refractivity contribution in [3.05, 3.63) is 47.5 Å². The number of thiophene rings is 1. The molecule has 0 radical (unpaired) electrons. The van der Waals surface area contributed by atoms with E-state index in [4.69, 9.17) is 5.73 Å². The van der Waals surface area contributed by atoms with Crippen LogP contribution in [0.25, 0.3) is 21.1 Å². The third-order valence-corrected chi connectivity index (χ3v) is 5.21. The predicted octanol–water partition coefficient (Wildman–Crippen LogP) is 3.73. The number of H-pyrrole nitrogens is 1. The lowest BCUT2D eigenvalue weighted by molar-refractivity contribution is 0.102. The summed E-state index contributed by atoms with van der Waals surface area (Å²) in [6.45, 7) is 0. The molecule has 0 aliphatic rings. The lowest BCUT2D eigenvalue weighted by Crippen LogP contribution is -2.03. The molecule has 23 heavy (non-hydrogen) atoms. The molecule has 3 aromatic heterocycles. The minimum Gasteiger partial charge on any atom is -0.383 e. The molecule has 0 amide bonds. The molecule has 0 bridgehead atoms. The molecular formula is C16H12N4OS2. The van der Waals surface area contributed by atoms with E-state index in [1.54, 1.807) is 6.20 Å². The van der Waals surface area contributed by atoms with Crippen LogP contribution in [0.3, 0.4) is 0 Å². The number of thioether (sulfide) groups is 1. The Hall–Kier alpha value is -2.38. The highest BCUT2D eigenvalue weighted by Gasteiger charge is 2.14. The van der Waals surface area contributed by atoms with Gasteiger partial charge in [-0.05, 0) is 17.5 Å². The van der Waals surface area contributed by atoms with Crippen LogP contribution in [0.4, 0.5) is 5.82 Å². The van der Waals surface area contributed by atoms with Gasteiger partial charge in [0.25, 0.3) is 0 Å². The molecule has 7 heteroatoms. The van der Waals surface area contributed by atoms with Crippen molar-refractivity contribution in [3.63, 3.8) is 0 Å². The topological polar surface area (TPSA) is 84.7 Å². The maximum atomic E-state index is 12.5. The molecule has 0 unspecified atom stereocenters. The first-order valence-corrected chi connectivity index (χ1v) is 8.82. The number of nitrogen functional groups attached to an aromatic ring is 1. The van der Waals surface area contributed by atoms with E-state index in [2.05, 4.69) is 15.0 Å². The number of hydrogen-bond donors (Lipinski definition) is 2. The molecule has 4 rings (SSSR count). The maximum Gasteiger partial charge on any atom is 0.191 e. The number of para-hydroxylation sites is 1. The molecule has 114 valence electrons. The number of Topliss-reactive ketones (excluding diaryl/α,β-unsaturated/α-hetero) is 1. The Bertz CT molecular complexity index is 1020. The van der Waals surface area contributed by atoms with Gasteiger partial charge >= 0.3 is 0 Å². The van der Waals surface area contributed by atoms with Crippen molar-refractivity contribution in [2.24, 2.45) is 0 Å². The summed E-state index contributed by atoms with van der Waals surface area (Å²) in [5, 5.41) is 4.27. The fourth-order valence-corrected chi connectivity index (χ4v) is 4.00. The number of benzene rings is 1. The summed E-state index contributed by atoms with van der Waals surface area (Å²) < 4.78 is 0. The summed E-state index contributed by atoms with van der Waals surface area (Å²) in [6.07, 6.45) is 1.76. The van der Waals surface area contributed by atoms with Gasteiger partial charge in [-0.3, -0.25) is 4.79 Å². The van der Waals surface area contributed by atoms with Crippen molar-refractivity contribution in [1.82, 2.24) is 15.0 Å². The Morgan fingerprint density at radius 2 is 2.09 bits per heavy atom. The normalized spacial score (nSPS) is 11.3. The van der Waals surface area contributed by atoms with E-state index in [0.717, 1.165) is 21.1 Å². The number of aromatic amines is 1. The number of hydrogen-bond acceptors (Lipinski definition) is 6. The summed E-state index contributed by atoms with van der Waals surface area (Å²) in [5.74, 6) is 0.775. The summed E-state index contributed by atoms with van der Waals surface area (Å²) in [6, 6.07) is 9.66. The van der Waals surface area contributed by atoms with Gasteiger partial charge in [-0.25, -0.2) is 9.97 Å². The van der Waals surface area contributed by atoms with E-state index in [1.807, 2.05) is 35.7 Å². The van der Waals surface area contributed by atoms with E-state index in [0.29, 0.717) is 16.5 Å². The molecule has 0 aliphatic heterocycles. The molecule has 3 heterocycles. The molecule has 0 saturated carbocycles. The van der Waals surface area contributed by atoms with Gasteiger partial charge in [-0.15, -0.1) is 11.3 Å². The van der Waals surface area contributed by atoms with Crippen LogP contribution in [0.15, 0.2) is 47.1 Å². The molecule has 0 spiro atoms. The van der Waals surface area contributed by atoms with Crippen molar-refractivity contribution < 1.29 is 4.79 Å². The Kier molecular flexibility index (Phi) is 3.51. The van der Waals surface area contributed by atoms with Crippen LogP contribution in [0, 0.1) is 0 Å². The van der Waals surface area contributed by atoms with Crippen molar-refractivity contribution in [2.75, 3.05) is 11.5 Å². The van der Waals surface area contributed by atoms with Gasteiger partial charge in [0, 0.05) is 22.7 Å². The number of ketones is 1. The van der Waals surface area contributed by atoms with Gasteiger partial charge in [-0.2, -0.15) is 0 Å². The Balaban J connectivity index is 1.56. The molecule has 0 fully saturated rings. The van der Waals surface area contributed by atoms with E-state index >= 15 is 0 Å². The summed E-state index contributed by atoms with van der Waals surface area (Å²) >= 11 is 2.82. The monoisotopic (exact) mass is 340 g/mol. The molecular weight excluding hydrogens is 328 g/mol. The van der Waals surface area contributed by atoms with E-state index in [1.165, 1.54) is 23.1 Å².